The fourth-order valence-corrected chi connectivity index (χ4v) is 3.71. The summed E-state index contributed by atoms with van der Waals surface area (Å²) in [6.07, 6.45) is 0. The van der Waals surface area contributed by atoms with Gasteiger partial charge >= 0.3 is 0 Å². The van der Waals surface area contributed by atoms with Gasteiger partial charge in [0.25, 0.3) is 0 Å². The lowest BCUT2D eigenvalue weighted by Crippen LogP contribution is -2.32. The Bertz CT molecular complexity index is 570. The molecule has 2 N–H and O–H groups in total. The van der Waals surface area contributed by atoms with Gasteiger partial charge in [0.15, 0.2) is 0 Å². The van der Waals surface area contributed by atoms with Crippen LogP contribution in [0.2, 0.25) is 5.02 Å². The molecular weight excluding hydrogens is 284 g/mol. The lowest BCUT2D eigenvalue weighted by molar-refractivity contribution is 0.453. The maximum Gasteiger partial charge on any atom is 0.244 e. The van der Waals surface area contributed by atoms with Gasteiger partial charge in [-0.15, -0.1) is 0 Å². The maximum atomic E-state index is 12.5. The van der Waals surface area contributed by atoms with Crippen molar-refractivity contribution in [3.63, 3.8) is 0 Å². The summed E-state index contributed by atoms with van der Waals surface area (Å²) in [7, 11) is -3.62. The first kappa shape index (κ1) is 16.2. The van der Waals surface area contributed by atoms with E-state index in [0.717, 1.165) is 11.1 Å². The predicted molar refractivity (Wildman–Crippen MR) is 78.6 cm³/mol. The highest BCUT2D eigenvalue weighted by atomic mass is 35.5. The third-order valence-electron chi connectivity index (χ3n) is 2.65. The Morgan fingerprint density at radius 3 is 2.58 bits per heavy atom. The summed E-state index contributed by atoms with van der Waals surface area (Å²) >= 11 is 6.01. The van der Waals surface area contributed by atoms with Gasteiger partial charge in [0.1, 0.15) is 4.90 Å². The van der Waals surface area contributed by atoms with E-state index < -0.39 is 10.0 Å². The zero-order valence-corrected chi connectivity index (χ0v) is 12.8. The van der Waals surface area contributed by atoms with Crippen LogP contribution in [0.3, 0.4) is 0 Å². The van der Waals surface area contributed by atoms with Gasteiger partial charge in [0, 0.05) is 19.6 Å². The molecule has 0 saturated heterocycles. The average Bonchev–Trinajstić information content (AvgIpc) is 2.35. The Hall–Kier alpha value is -0.880. The Morgan fingerprint density at radius 2 is 2.11 bits per heavy atom. The van der Waals surface area contributed by atoms with E-state index in [1.807, 2.05) is 0 Å². The quantitative estimate of drug-likeness (QED) is 0.821. The summed E-state index contributed by atoms with van der Waals surface area (Å²) in [5.74, 6) is 0. The van der Waals surface area contributed by atoms with Gasteiger partial charge in [-0.3, -0.25) is 0 Å². The number of rotatable bonds is 6. The van der Waals surface area contributed by atoms with Gasteiger partial charge in [0.05, 0.1) is 5.02 Å². The molecule has 0 fully saturated rings. The number of benzene rings is 1. The van der Waals surface area contributed by atoms with Crippen molar-refractivity contribution in [1.29, 1.82) is 0 Å². The zero-order valence-electron chi connectivity index (χ0n) is 11.2. The summed E-state index contributed by atoms with van der Waals surface area (Å²) in [6, 6.07) is 4.81. The minimum atomic E-state index is -3.62. The molecule has 0 aliphatic carbocycles. The fraction of sp³-hybridized carbons (Fsp3) is 0.385. The number of sulfonamides is 1. The van der Waals surface area contributed by atoms with Crippen LogP contribution in [0.5, 0.6) is 0 Å². The van der Waals surface area contributed by atoms with Crippen LogP contribution in [0.4, 0.5) is 0 Å². The molecule has 19 heavy (non-hydrogen) atoms. The molecule has 0 unspecified atom stereocenters. The summed E-state index contributed by atoms with van der Waals surface area (Å²) in [6.45, 7) is 8.22. The topological polar surface area (TPSA) is 63.4 Å². The van der Waals surface area contributed by atoms with E-state index in [1.54, 1.807) is 26.0 Å². The Morgan fingerprint density at radius 1 is 1.47 bits per heavy atom. The van der Waals surface area contributed by atoms with Crippen LogP contribution in [-0.4, -0.2) is 25.8 Å². The molecule has 0 saturated carbocycles. The number of halogens is 1. The lowest BCUT2D eigenvalue weighted by Gasteiger charge is -2.21. The van der Waals surface area contributed by atoms with Crippen LogP contribution >= 0.6 is 11.6 Å². The predicted octanol–water partition coefficient (Wildman–Crippen LogP) is 2.39. The summed E-state index contributed by atoms with van der Waals surface area (Å²) in [4.78, 5) is 0.0974. The third kappa shape index (κ3) is 3.79. The van der Waals surface area contributed by atoms with Crippen molar-refractivity contribution in [3.8, 4) is 0 Å². The van der Waals surface area contributed by atoms with Crippen LogP contribution in [0.25, 0.3) is 0 Å². The van der Waals surface area contributed by atoms with E-state index in [-0.39, 0.29) is 23.0 Å². The normalized spacial score (nSPS) is 11.8. The van der Waals surface area contributed by atoms with Crippen molar-refractivity contribution in [1.82, 2.24) is 4.31 Å². The standard InChI is InChI=1S/C13H19ClN2O2S/c1-4-16(9-10(2)3)19(17,18)13-7-11(8-15)5-6-12(13)14/h5-7H,2,4,8-9,15H2,1,3H3. The fourth-order valence-electron chi connectivity index (χ4n) is 1.68. The molecule has 0 aliphatic heterocycles. The molecule has 0 spiro atoms. The number of likely N-dealkylation sites (N-methyl/N-ethyl adjacent to an activating group) is 1. The third-order valence-corrected chi connectivity index (χ3v) is 5.05. The first-order valence-electron chi connectivity index (χ1n) is 5.96. The molecule has 0 amide bonds. The van der Waals surface area contributed by atoms with Crippen molar-refractivity contribution < 1.29 is 8.42 Å². The Kier molecular flexibility index (Phi) is 5.55. The molecule has 0 aromatic heterocycles. The monoisotopic (exact) mass is 302 g/mol. The van der Waals surface area contributed by atoms with Crippen LogP contribution in [-0.2, 0) is 16.6 Å². The SMILES string of the molecule is C=C(C)CN(CC)S(=O)(=O)c1cc(CN)ccc1Cl. The van der Waals surface area contributed by atoms with Crippen molar-refractivity contribution in [3.05, 3.63) is 40.9 Å². The maximum absolute atomic E-state index is 12.5. The van der Waals surface area contributed by atoms with Crippen molar-refractivity contribution >= 4 is 21.6 Å². The molecule has 0 bridgehead atoms. The second-order valence-electron chi connectivity index (χ2n) is 4.36. The van der Waals surface area contributed by atoms with Crippen LogP contribution in [0.15, 0.2) is 35.2 Å². The Labute approximate surface area is 119 Å². The molecule has 4 nitrogen and oxygen atoms in total. The van der Waals surface area contributed by atoms with E-state index >= 15 is 0 Å². The number of nitrogens with zero attached hydrogens (tertiary/aromatic N) is 1. The summed E-state index contributed by atoms with van der Waals surface area (Å²) in [5, 5.41) is 0.206. The lowest BCUT2D eigenvalue weighted by atomic mass is 10.2. The molecular formula is C13H19ClN2O2S. The average molecular weight is 303 g/mol. The largest absolute Gasteiger partial charge is 0.326 e. The van der Waals surface area contributed by atoms with Crippen molar-refractivity contribution in [2.75, 3.05) is 13.1 Å². The van der Waals surface area contributed by atoms with Gasteiger partial charge in [0.2, 0.25) is 10.0 Å². The van der Waals surface area contributed by atoms with Crippen LogP contribution in [0.1, 0.15) is 19.4 Å². The highest BCUT2D eigenvalue weighted by molar-refractivity contribution is 7.89. The summed E-state index contributed by atoms with van der Waals surface area (Å²) in [5.41, 5.74) is 7.04. The highest BCUT2D eigenvalue weighted by Crippen LogP contribution is 2.26. The molecule has 1 aromatic carbocycles. The van der Waals surface area contributed by atoms with E-state index in [4.69, 9.17) is 17.3 Å². The van der Waals surface area contributed by atoms with E-state index in [1.165, 1.54) is 10.4 Å². The van der Waals surface area contributed by atoms with E-state index in [9.17, 15) is 8.42 Å². The smallest absolute Gasteiger partial charge is 0.244 e. The highest BCUT2D eigenvalue weighted by Gasteiger charge is 2.25. The molecule has 0 aliphatic rings. The molecule has 1 aromatic rings. The second kappa shape index (κ2) is 6.52. The first-order chi connectivity index (χ1) is 8.82. The Balaban J connectivity index is 3.28. The zero-order chi connectivity index (χ0) is 14.6. The second-order valence-corrected chi connectivity index (χ2v) is 6.67. The van der Waals surface area contributed by atoms with Crippen LogP contribution in [0, 0.1) is 0 Å². The number of nitrogens with two attached hydrogens (primary N) is 1. The first-order valence-corrected chi connectivity index (χ1v) is 7.77. The molecule has 1 rings (SSSR count). The van der Waals surface area contributed by atoms with E-state index in [0.29, 0.717) is 6.54 Å². The van der Waals surface area contributed by atoms with Gasteiger partial charge in [-0.25, -0.2) is 8.42 Å². The van der Waals surface area contributed by atoms with Gasteiger partial charge < -0.3 is 5.73 Å². The van der Waals surface area contributed by atoms with Gasteiger partial charge in [-0.2, -0.15) is 4.31 Å². The molecule has 0 heterocycles. The number of hydrogen-bond acceptors (Lipinski definition) is 3. The molecule has 0 atom stereocenters. The molecule has 106 valence electrons. The van der Waals surface area contributed by atoms with Gasteiger partial charge in [-0.1, -0.05) is 36.7 Å². The van der Waals surface area contributed by atoms with E-state index in [2.05, 4.69) is 6.58 Å². The van der Waals surface area contributed by atoms with Gasteiger partial charge in [-0.05, 0) is 24.6 Å². The summed E-state index contributed by atoms with van der Waals surface area (Å²) < 4.78 is 26.4. The molecule has 6 heteroatoms. The van der Waals surface area contributed by atoms with Crippen molar-refractivity contribution in [2.24, 2.45) is 5.73 Å². The minimum absolute atomic E-state index is 0.0974. The minimum Gasteiger partial charge on any atom is -0.326 e. The van der Waals surface area contributed by atoms with Crippen molar-refractivity contribution in [2.45, 2.75) is 25.3 Å². The molecule has 0 radical (unpaired) electrons. The number of hydrogen-bond donors (Lipinski definition) is 1. The van der Waals surface area contributed by atoms with Crippen LogP contribution < -0.4 is 5.73 Å².